The summed E-state index contributed by atoms with van der Waals surface area (Å²) in [5.74, 6) is -1.39. The zero-order chi connectivity index (χ0) is 29.0. The summed E-state index contributed by atoms with van der Waals surface area (Å²) >= 11 is 12.1. The van der Waals surface area contributed by atoms with E-state index < -0.39 is 51.9 Å². The molecule has 0 fully saturated rings. The number of nitrogens with zero attached hydrogens (tertiary/aromatic N) is 2. The molecule has 0 aliphatic carbocycles. The van der Waals surface area contributed by atoms with Crippen LogP contribution in [0.25, 0.3) is 0 Å². The topological polar surface area (TPSA) is 86.8 Å². The molecule has 0 heterocycles. The smallest absolute Gasteiger partial charge is 0.357 e. The van der Waals surface area contributed by atoms with E-state index in [2.05, 4.69) is 5.32 Å². The van der Waals surface area contributed by atoms with Crippen molar-refractivity contribution in [2.45, 2.75) is 30.6 Å². The fraction of sp³-hybridized carbons (Fsp3) is 0.231. The lowest BCUT2D eigenvalue weighted by atomic mass is 10.1. The summed E-state index contributed by atoms with van der Waals surface area (Å²) in [6.07, 6.45) is -4.81. The Morgan fingerprint density at radius 1 is 0.974 bits per heavy atom. The van der Waals surface area contributed by atoms with Gasteiger partial charge in [-0.05, 0) is 55.0 Å². The van der Waals surface area contributed by atoms with Gasteiger partial charge in [0.1, 0.15) is 12.6 Å². The van der Waals surface area contributed by atoms with Crippen LogP contribution < -0.4 is 9.62 Å². The standard InChI is InChI=1S/C26H24Cl2F3N3O4S/c1-17(25(36)32-2)33(15-18-8-11-20(27)12-9-18)24(35)16-34(39(37,38)21-6-4-3-5-7-21)23-14-19(26(29,30)31)10-13-22(23)28/h3-14,17H,15-16H2,1-2H3,(H,32,36). The molecule has 3 aromatic rings. The second-order valence-corrected chi connectivity index (χ2v) is 11.1. The van der Waals surface area contributed by atoms with Gasteiger partial charge in [0, 0.05) is 18.6 Å². The van der Waals surface area contributed by atoms with Gasteiger partial charge in [-0.1, -0.05) is 53.5 Å². The second-order valence-electron chi connectivity index (χ2n) is 8.43. The molecule has 208 valence electrons. The number of rotatable bonds is 9. The number of carbonyl (C=O) groups excluding carboxylic acids is 2. The predicted molar refractivity (Wildman–Crippen MR) is 143 cm³/mol. The molecule has 3 aromatic carbocycles. The Balaban J connectivity index is 2.12. The van der Waals surface area contributed by atoms with Crippen LogP contribution in [0.2, 0.25) is 10.0 Å². The van der Waals surface area contributed by atoms with Crippen LogP contribution in [0, 0.1) is 0 Å². The van der Waals surface area contributed by atoms with Gasteiger partial charge in [0.15, 0.2) is 0 Å². The molecule has 0 spiro atoms. The Labute approximate surface area is 234 Å². The molecular formula is C26H24Cl2F3N3O4S. The summed E-state index contributed by atoms with van der Waals surface area (Å²) in [4.78, 5) is 27.0. The maximum Gasteiger partial charge on any atom is 0.416 e. The van der Waals surface area contributed by atoms with Crippen molar-refractivity contribution >= 4 is 50.7 Å². The molecule has 1 atom stereocenters. The maximum absolute atomic E-state index is 13.7. The Hall–Kier alpha value is -3.28. The number of hydrogen-bond donors (Lipinski definition) is 1. The number of benzene rings is 3. The van der Waals surface area contributed by atoms with Gasteiger partial charge >= 0.3 is 6.18 Å². The van der Waals surface area contributed by atoms with Gasteiger partial charge in [-0.25, -0.2) is 8.42 Å². The second kappa shape index (κ2) is 12.3. The lowest BCUT2D eigenvalue weighted by molar-refractivity contribution is -0.139. The van der Waals surface area contributed by atoms with Gasteiger partial charge in [-0.3, -0.25) is 13.9 Å². The van der Waals surface area contributed by atoms with Crippen LogP contribution >= 0.6 is 23.2 Å². The Bertz CT molecular complexity index is 1440. The highest BCUT2D eigenvalue weighted by Crippen LogP contribution is 2.37. The lowest BCUT2D eigenvalue weighted by Gasteiger charge is -2.32. The average Bonchev–Trinajstić information content (AvgIpc) is 2.90. The first-order chi connectivity index (χ1) is 18.3. The molecule has 0 aliphatic heterocycles. The highest BCUT2D eigenvalue weighted by atomic mass is 35.5. The van der Waals surface area contributed by atoms with Crippen LogP contribution in [0.15, 0.2) is 77.7 Å². The minimum absolute atomic E-state index is 0.111. The van der Waals surface area contributed by atoms with Gasteiger partial charge in [-0.2, -0.15) is 13.2 Å². The molecule has 0 aliphatic rings. The zero-order valence-electron chi connectivity index (χ0n) is 20.7. The molecule has 0 saturated heterocycles. The number of amides is 2. The number of halogens is 5. The molecule has 2 amide bonds. The quantitative estimate of drug-likeness (QED) is 0.357. The lowest BCUT2D eigenvalue weighted by Crippen LogP contribution is -2.50. The summed E-state index contributed by atoms with van der Waals surface area (Å²) in [5.41, 5.74) is -1.11. The van der Waals surface area contributed by atoms with Crippen molar-refractivity contribution < 1.29 is 31.2 Å². The van der Waals surface area contributed by atoms with E-state index in [1.165, 1.54) is 38.2 Å². The van der Waals surface area contributed by atoms with E-state index >= 15 is 0 Å². The monoisotopic (exact) mass is 601 g/mol. The third kappa shape index (κ3) is 7.23. The number of anilines is 1. The summed E-state index contributed by atoms with van der Waals surface area (Å²) in [7, 11) is -3.21. The molecule has 1 unspecified atom stereocenters. The van der Waals surface area contributed by atoms with Crippen LogP contribution in [-0.4, -0.2) is 44.8 Å². The van der Waals surface area contributed by atoms with Crippen LogP contribution in [0.5, 0.6) is 0 Å². The Kier molecular flexibility index (Phi) is 9.52. The third-order valence-corrected chi connectivity index (χ3v) is 8.18. The fourth-order valence-electron chi connectivity index (χ4n) is 3.69. The van der Waals surface area contributed by atoms with E-state index in [9.17, 15) is 31.2 Å². The molecule has 0 aromatic heterocycles. The Morgan fingerprint density at radius 3 is 2.15 bits per heavy atom. The van der Waals surface area contributed by atoms with Crippen molar-refractivity contribution in [1.29, 1.82) is 0 Å². The first-order valence-electron chi connectivity index (χ1n) is 11.5. The van der Waals surface area contributed by atoms with Crippen LogP contribution in [0.4, 0.5) is 18.9 Å². The predicted octanol–water partition coefficient (Wildman–Crippen LogP) is 5.37. The molecule has 0 bridgehead atoms. The number of likely N-dealkylation sites (N-methyl/N-ethyl adjacent to an activating group) is 1. The number of sulfonamides is 1. The van der Waals surface area contributed by atoms with Gasteiger partial charge in [0.05, 0.1) is 21.2 Å². The number of hydrogen-bond acceptors (Lipinski definition) is 4. The first-order valence-corrected chi connectivity index (χ1v) is 13.7. The van der Waals surface area contributed by atoms with Crippen molar-refractivity contribution in [2.24, 2.45) is 0 Å². The van der Waals surface area contributed by atoms with Crippen LogP contribution in [0.3, 0.4) is 0 Å². The fourth-order valence-corrected chi connectivity index (χ4v) is 5.53. The van der Waals surface area contributed by atoms with Gasteiger partial charge < -0.3 is 10.2 Å². The van der Waals surface area contributed by atoms with Gasteiger partial charge in [0.2, 0.25) is 11.8 Å². The van der Waals surface area contributed by atoms with Crippen molar-refractivity contribution in [3.8, 4) is 0 Å². The first kappa shape index (κ1) is 30.3. The summed E-state index contributed by atoms with van der Waals surface area (Å²) in [6, 6.07) is 14.5. The van der Waals surface area contributed by atoms with Crippen molar-refractivity contribution in [1.82, 2.24) is 10.2 Å². The summed E-state index contributed by atoms with van der Waals surface area (Å²) < 4.78 is 68.5. The number of alkyl halides is 3. The largest absolute Gasteiger partial charge is 0.416 e. The molecule has 0 saturated carbocycles. The molecule has 1 N–H and O–H groups in total. The molecule has 0 radical (unpaired) electrons. The number of nitrogens with one attached hydrogen (secondary N) is 1. The third-order valence-electron chi connectivity index (χ3n) is 5.83. The minimum atomic E-state index is -4.81. The highest BCUT2D eigenvalue weighted by Gasteiger charge is 2.36. The van der Waals surface area contributed by atoms with E-state index in [0.717, 1.165) is 11.0 Å². The summed E-state index contributed by atoms with van der Waals surface area (Å²) in [6.45, 7) is 0.396. The van der Waals surface area contributed by atoms with Gasteiger partial charge in [-0.15, -0.1) is 0 Å². The van der Waals surface area contributed by atoms with Gasteiger partial charge in [0.25, 0.3) is 10.0 Å². The molecule has 39 heavy (non-hydrogen) atoms. The van der Waals surface area contributed by atoms with Crippen molar-refractivity contribution in [3.05, 3.63) is 94.0 Å². The SMILES string of the molecule is CNC(=O)C(C)N(Cc1ccc(Cl)cc1)C(=O)CN(c1cc(C(F)(F)F)ccc1Cl)S(=O)(=O)c1ccccc1. The van der Waals surface area contributed by atoms with Crippen molar-refractivity contribution in [3.63, 3.8) is 0 Å². The molecule has 13 heteroatoms. The minimum Gasteiger partial charge on any atom is -0.357 e. The number of carbonyl (C=O) groups is 2. The maximum atomic E-state index is 13.7. The molecule has 7 nitrogen and oxygen atoms in total. The van der Waals surface area contributed by atoms with E-state index in [1.54, 1.807) is 30.3 Å². The Morgan fingerprint density at radius 2 is 1.59 bits per heavy atom. The van der Waals surface area contributed by atoms with Crippen LogP contribution in [-0.2, 0) is 32.3 Å². The molecular weight excluding hydrogens is 578 g/mol. The van der Waals surface area contributed by atoms with E-state index in [-0.39, 0.29) is 16.5 Å². The zero-order valence-corrected chi connectivity index (χ0v) is 23.1. The normalized spacial score (nSPS) is 12.5. The highest BCUT2D eigenvalue weighted by molar-refractivity contribution is 7.92. The van der Waals surface area contributed by atoms with E-state index in [1.807, 2.05) is 0 Å². The van der Waals surface area contributed by atoms with Crippen molar-refractivity contribution in [2.75, 3.05) is 17.9 Å². The molecule has 3 rings (SSSR count). The van der Waals surface area contributed by atoms with E-state index in [0.29, 0.717) is 27.0 Å². The van der Waals surface area contributed by atoms with E-state index in [4.69, 9.17) is 23.2 Å². The summed E-state index contributed by atoms with van der Waals surface area (Å²) in [5, 5.41) is 2.56. The average molecular weight is 602 g/mol. The van der Waals surface area contributed by atoms with Crippen LogP contribution in [0.1, 0.15) is 18.1 Å².